The Bertz CT molecular complexity index is 1180. The highest BCUT2D eigenvalue weighted by molar-refractivity contribution is 6.35. The molecule has 182 valence electrons. The maximum Gasteiger partial charge on any atom is 0.329 e. The van der Waals surface area contributed by atoms with Crippen molar-refractivity contribution in [3.05, 3.63) is 88.4 Å². The summed E-state index contributed by atoms with van der Waals surface area (Å²) >= 11 is 6.13. The molecule has 3 aromatic rings. The number of hydrogen-bond donors (Lipinski definition) is 2. The number of carbonyl (C=O) groups is 2. The van der Waals surface area contributed by atoms with E-state index in [4.69, 9.17) is 25.8 Å². The second-order valence-corrected chi connectivity index (χ2v) is 7.75. The number of carbonyl (C=O) groups excluding carboxylic acids is 2. The summed E-state index contributed by atoms with van der Waals surface area (Å²) in [7, 11) is 3.12. The molecule has 0 aliphatic carbocycles. The van der Waals surface area contributed by atoms with Crippen molar-refractivity contribution < 1.29 is 23.8 Å². The molecule has 0 saturated carbocycles. The Labute approximate surface area is 208 Å². The third-order valence-corrected chi connectivity index (χ3v) is 5.33. The van der Waals surface area contributed by atoms with Crippen molar-refractivity contribution in [1.82, 2.24) is 10.7 Å². The normalized spacial score (nSPS) is 10.6. The average Bonchev–Trinajstić information content (AvgIpc) is 2.88. The van der Waals surface area contributed by atoms with Crippen molar-refractivity contribution in [1.29, 1.82) is 0 Å². The van der Waals surface area contributed by atoms with E-state index in [1.54, 1.807) is 44.6 Å². The zero-order valence-electron chi connectivity index (χ0n) is 19.4. The summed E-state index contributed by atoms with van der Waals surface area (Å²) in [6, 6.07) is 20.1. The van der Waals surface area contributed by atoms with E-state index < -0.39 is 11.8 Å². The fourth-order valence-electron chi connectivity index (χ4n) is 3.08. The Balaban J connectivity index is 1.40. The zero-order chi connectivity index (χ0) is 25.0. The second kappa shape index (κ2) is 13.0. The van der Waals surface area contributed by atoms with Crippen molar-refractivity contribution >= 4 is 29.6 Å². The van der Waals surface area contributed by atoms with E-state index in [9.17, 15) is 9.59 Å². The molecular weight excluding hydrogens is 470 g/mol. The van der Waals surface area contributed by atoms with Gasteiger partial charge in [0.15, 0.2) is 11.5 Å². The summed E-state index contributed by atoms with van der Waals surface area (Å²) in [5.41, 5.74) is 4.77. The van der Waals surface area contributed by atoms with Crippen LogP contribution in [0.3, 0.4) is 0 Å². The number of nitrogens with one attached hydrogen (secondary N) is 2. The van der Waals surface area contributed by atoms with E-state index in [1.807, 2.05) is 36.4 Å². The van der Waals surface area contributed by atoms with Gasteiger partial charge in [-0.2, -0.15) is 5.10 Å². The van der Waals surface area contributed by atoms with Gasteiger partial charge in [-0.1, -0.05) is 35.9 Å². The van der Waals surface area contributed by atoms with Gasteiger partial charge >= 0.3 is 11.8 Å². The van der Waals surface area contributed by atoms with Gasteiger partial charge in [-0.25, -0.2) is 5.43 Å². The lowest BCUT2D eigenvalue weighted by Gasteiger charge is -2.10. The van der Waals surface area contributed by atoms with E-state index in [-0.39, 0.29) is 6.54 Å². The number of rotatable bonds is 10. The summed E-state index contributed by atoms with van der Waals surface area (Å²) in [6.45, 7) is 0.630. The molecule has 0 aliphatic rings. The summed E-state index contributed by atoms with van der Waals surface area (Å²) in [6.07, 6.45) is 1.96. The lowest BCUT2D eigenvalue weighted by atomic mass is 10.1. The van der Waals surface area contributed by atoms with Gasteiger partial charge in [-0.05, 0) is 60.0 Å². The molecule has 0 atom stereocenters. The van der Waals surface area contributed by atoms with E-state index in [2.05, 4.69) is 15.8 Å². The fourth-order valence-corrected chi connectivity index (χ4v) is 3.27. The SMILES string of the molecule is COc1ccc(CCNC(=O)C(=O)N/N=C/c2ccc(OCc3ccccc3Cl)cc2)cc1OC. The topological polar surface area (TPSA) is 98.2 Å². The first-order valence-corrected chi connectivity index (χ1v) is 11.2. The molecular formula is C26H26ClN3O5. The number of ether oxygens (including phenoxy) is 3. The maximum atomic E-state index is 12.0. The van der Waals surface area contributed by atoms with Gasteiger partial charge in [-0.3, -0.25) is 9.59 Å². The second-order valence-electron chi connectivity index (χ2n) is 7.34. The number of hydrazone groups is 1. The highest BCUT2D eigenvalue weighted by Gasteiger charge is 2.12. The Kier molecular flexibility index (Phi) is 9.50. The minimum atomic E-state index is -0.853. The number of hydrogen-bond acceptors (Lipinski definition) is 6. The fraction of sp³-hybridized carbons (Fsp3) is 0.192. The van der Waals surface area contributed by atoms with Crippen LogP contribution in [0.4, 0.5) is 0 Å². The number of amides is 2. The van der Waals surface area contributed by atoms with Gasteiger partial charge in [-0.15, -0.1) is 0 Å². The largest absolute Gasteiger partial charge is 0.493 e. The van der Waals surface area contributed by atoms with E-state index in [1.165, 1.54) is 6.21 Å². The number of methoxy groups -OCH3 is 2. The molecule has 2 amide bonds. The lowest BCUT2D eigenvalue weighted by molar-refractivity contribution is -0.139. The highest BCUT2D eigenvalue weighted by atomic mass is 35.5. The Morgan fingerprint density at radius 1 is 0.943 bits per heavy atom. The van der Waals surface area contributed by atoms with Gasteiger partial charge in [0.05, 0.1) is 20.4 Å². The van der Waals surface area contributed by atoms with Gasteiger partial charge in [0.2, 0.25) is 0 Å². The van der Waals surface area contributed by atoms with Crippen LogP contribution in [0.5, 0.6) is 17.2 Å². The number of halogens is 1. The predicted octanol–water partition coefficient (Wildman–Crippen LogP) is 3.75. The molecule has 0 unspecified atom stereocenters. The minimum absolute atomic E-state index is 0.279. The molecule has 0 aromatic heterocycles. The third kappa shape index (κ3) is 7.75. The highest BCUT2D eigenvalue weighted by Crippen LogP contribution is 2.27. The lowest BCUT2D eigenvalue weighted by Crippen LogP contribution is -2.38. The number of benzene rings is 3. The molecule has 35 heavy (non-hydrogen) atoms. The van der Waals surface area contributed by atoms with Crippen LogP contribution < -0.4 is 25.0 Å². The number of nitrogens with zero attached hydrogens (tertiary/aromatic N) is 1. The Hall–Kier alpha value is -4.04. The summed E-state index contributed by atoms with van der Waals surface area (Å²) in [4.78, 5) is 23.9. The molecule has 2 N–H and O–H groups in total. The van der Waals surface area contributed by atoms with Crippen molar-refractivity contribution in [2.24, 2.45) is 5.10 Å². The average molecular weight is 496 g/mol. The quantitative estimate of drug-likeness (QED) is 0.253. The zero-order valence-corrected chi connectivity index (χ0v) is 20.2. The summed E-state index contributed by atoms with van der Waals surface area (Å²) in [5.74, 6) is 0.263. The van der Waals surface area contributed by atoms with Crippen molar-refractivity contribution in [3.63, 3.8) is 0 Å². The Morgan fingerprint density at radius 3 is 2.40 bits per heavy atom. The van der Waals surface area contributed by atoms with Gasteiger partial charge < -0.3 is 19.5 Å². The minimum Gasteiger partial charge on any atom is -0.493 e. The van der Waals surface area contributed by atoms with Crippen LogP contribution in [0.15, 0.2) is 71.8 Å². The first-order chi connectivity index (χ1) is 17.0. The van der Waals surface area contributed by atoms with Crippen LogP contribution in [-0.4, -0.2) is 38.8 Å². The molecule has 0 fully saturated rings. The molecule has 0 heterocycles. The molecule has 8 nitrogen and oxygen atoms in total. The third-order valence-electron chi connectivity index (χ3n) is 4.97. The molecule has 0 spiro atoms. The van der Waals surface area contributed by atoms with E-state index in [0.29, 0.717) is 35.3 Å². The summed E-state index contributed by atoms with van der Waals surface area (Å²) < 4.78 is 16.2. The van der Waals surface area contributed by atoms with Crippen molar-refractivity contribution in [2.75, 3.05) is 20.8 Å². The monoisotopic (exact) mass is 495 g/mol. The predicted molar refractivity (Wildman–Crippen MR) is 134 cm³/mol. The van der Waals surface area contributed by atoms with Crippen molar-refractivity contribution in [2.45, 2.75) is 13.0 Å². The molecule has 0 saturated heterocycles. The summed E-state index contributed by atoms with van der Waals surface area (Å²) in [5, 5.41) is 7.04. The first-order valence-electron chi connectivity index (χ1n) is 10.8. The van der Waals surface area contributed by atoms with E-state index in [0.717, 1.165) is 16.7 Å². The standard InChI is InChI=1S/C26H26ClN3O5/c1-33-23-12-9-18(15-24(23)34-2)13-14-28-25(31)26(32)30-29-16-19-7-10-21(11-8-19)35-17-20-5-3-4-6-22(20)27/h3-12,15-16H,13-14,17H2,1-2H3,(H,28,31)(H,30,32)/b29-16+. The molecule has 0 aliphatic heterocycles. The van der Waals surface area contributed by atoms with Crippen LogP contribution in [0.2, 0.25) is 5.02 Å². The molecule has 0 radical (unpaired) electrons. The van der Waals surface area contributed by atoms with Gasteiger partial charge in [0, 0.05) is 17.1 Å². The van der Waals surface area contributed by atoms with E-state index >= 15 is 0 Å². The van der Waals surface area contributed by atoms with Crippen LogP contribution >= 0.6 is 11.6 Å². The van der Waals surface area contributed by atoms with Crippen LogP contribution in [0.25, 0.3) is 0 Å². The van der Waals surface area contributed by atoms with Crippen LogP contribution in [-0.2, 0) is 22.6 Å². The van der Waals surface area contributed by atoms with Crippen molar-refractivity contribution in [3.8, 4) is 17.2 Å². The van der Waals surface area contributed by atoms with Crippen LogP contribution in [0, 0.1) is 0 Å². The Morgan fingerprint density at radius 2 is 1.69 bits per heavy atom. The first kappa shape index (κ1) is 25.6. The smallest absolute Gasteiger partial charge is 0.329 e. The van der Waals surface area contributed by atoms with Gasteiger partial charge in [0.25, 0.3) is 0 Å². The van der Waals surface area contributed by atoms with Crippen LogP contribution in [0.1, 0.15) is 16.7 Å². The molecule has 3 aromatic carbocycles. The molecule has 0 bridgehead atoms. The van der Waals surface area contributed by atoms with Gasteiger partial charge in [0.1, 0.15) is 12.4 Å². The maximum absolute atomic E-state index is 12.0. The molecule has 9 heteroatoms. The molecule has 3 rings (SSSR count).